The number of aromatic nitrogens is 3. The fourth-order valence-corrected chi connectivity index (χ4v) is 2.02. The second-order valence-corrected chi connectivity index (χ2v) is 4.29. The van der Waals surface area contributed by atoms with Gasteiger partial charge in [-0.1, -0.05) is 17.8 Å². The maximum atomic E-state index is 5.58. The largest absolute Gasteiger partial charge is 0.384 e. The topological polar surface area (TPSA) is 117 Å². The third kappa shape index (κ3) is 3.22. The van der Waals surface area contributed by atoms with E-state index in [0.29, 0.717) is 28.4 Å². The van der Waals surface area contributed by atoms with Crippen LogP contribution in [0.1, 0.15) is 5.69 Å². The summed E-state index contributed by atoms with van der Waals surface area (Å²) < 4.78 is 0. The molecule has 88 valence electrons. The molecule has 6 N–H and O–H groups in total. The highest BCUT2D eigenvalue weighted by Gasteiger charge is 2.03. The summed E-state index contributed by atoms with van der Waals surface area (Å²) in [5, 5.41) is 0.534. The summed E-state index contributed by atoms with van der Waals surface area (Å²) in [6.07, 6.45) is 0. The van der Waals surface area contributed by atoms with Crippen molar-refractivity contribution in [2.45, 2.75) is 10.9 Å². The van der Waals surface area contributed by atoms with Crippen LogP contribution in [0.15, 0.2) is 29.4 Å². The van der Waals surface area contributed by atoms with E-state index in [9.17, 15) is 0 Å². The highest BCUT2D eigenvalue weighted by Crippen LogP contribution is 2.20. The van der Waals surface area contributed by atoms with Crippen LogP contribution in [0, 0.1) is 0 Å². The molecule has 0 saturated carbocycles. The molecule has 2 aromatic heterocycles. The molecular formula is C10H12N6S. The lowest BCUT2D eigenvalue weighted by molar-refractivity contribution is 0.982. The van der Waals surface area contributed by atoms with E-state index < -0.39 is 0 Å². The maximum absolute atomic E-state index is 5.58. The van der Waals surface area contributed by atoms with Gasteiger partial charge in [-0.3, -0.25) is 0 Å². The molecule has 0 saturated heterocycles. The van der Waals surface area contributed by atoms with E-state index in [2.05, 4.69) is 15.0 Å². The van der Waals surface area contributed by atoms with Gasteiger partial charge in [-0.15, -0.1) is 0 Å². The molecule has 0 aliphatic carbocycles. The molecule has 0 spiro atoms. The minimum atomic E-state index is 0.362. The number of nitrogens with zero attached hydrogens (tertiary/aromatic N) is 3. The van der Waals surface area contributed by atoms with Gasteiger partial charge in [0.05, 0.1) is 5.69 Å². The molecule has 0 bridgehead atoms. The molecule has 17 heavy (non-hydrogen) atoms. The van der Waals surface area contributed by atoms with Crippen molar-refractivity contribution in [2.24, 2.45) is 0 Å². The van der Waals surface area contributed by atoms with Crippen molar-refractivity contribution in [2.75, 3.05) is 17.2 Å². The Balaban J connectivity index is 2.07. The van der Waals surface area contributed by atoms with E-state index in [-0.39, 0.29) is 0 Å². The molecule has 0 aliphatic rings. The quantitative estimate of drug-likeness (QED) is 0.546. The predicted molar refractivity (Wildman–Crippen MR) is 69.1 cm³/mol. The first-order chi connectivity index (χ1) is 8.13. The maximum Gasteiger partial charge on any atom is 0.191 e. The fourth-order valence-electron chi connectivity index (χ4n) is 1.24. The SMILES string of the molecule is Nc1cccc(CSc2nc(N)cc(N)n2)n1. The zero-order chi connectivity index (χ0) is 12.3. The fraction of sp³-hybridized carbons (Fsp3) is 0.100. The van der Waals surface area contributed by atoms with Gasteiger partial charge in [0.1, 0.15) is 17.5 Å². The van der Waals surface area contributed by atoms with Crippen LogP contribution in [-0.2, 0) is 5.75 Å². The predicted octanol–water partition coefficient (Wildman–Crippen LogP) is 0.911. The normalized spacial score (nSPS) is 10.4. The van der Waals surface area contributed by atoms with Gasteiger partial charge in [-0.05, 0) is 12.1 Å². The van der Waals surface area contributed by atoms with Crippen LogP contribution in [0.4, 0.5) is 17.5 Å². The lowest BCUT2D eigenvalue weighted by Crippen LogP contribution is -2.00. The second kappa shape index (κ2) is 4.88. The van der Waals surface area contributed by atoms with Gasteiger partial charge in [0, 0.05) is 11.8 Å². The van der Waals surface area contributed by atoms with Crippen molar-refractivity contribution in [1.82, 2.24) is 15.0 Å². The molecule has 0 atom stereocenters. The zero-order valence-electron chi connectivity index (χ0n) is 9.00. The van der Waals surface area contributed by atoms with Gasteiger partial charge in [-0.25, -0.2) is 15.0 Å². The van der Waals surface area contributed by atoms with E-state index in [4.69, 9.17) is 17.2 Å². The highest BCUT2D eigenvalue weighted by atomic mass is 32.2. The number of nitrogens with two attached hydrogens (primary N) is 3. The van der Waals surface area contributed by atoms with Crippen molar-refractivity contribution in [3.05, 3.63) is 30.0 Å². The van der Waals surface area contributed by atoms with E-state index in [1.165, 1.54) is 17.8 Å². The number of rotatable bonds is 3. The summed E-state index contributed by atoms with van der Waals surface area (Å²) in [4.78, 5) is 12.3. The molecule has 0 aromatic carbocycles. The number of hydrogen-bond donors (Lipinski definition) is 3. The average Bonchev–Trinajstić information content (AvgIpc) is 2.25. The van der Waals surface area contributed by atoms with Gasteiger partial charge < -0.3 is 17.2 Å². The van der Waals surface area contributed by atoms with Gasteiger partial charge >= 0.3 is 0 Å². The first kappa shape index (κ1) is 11.5. The number of anilines is 3. The number of thioether (sulfide) groups is 1. The van der Waals surface area contributed by atoms with Crippen molar-refractivity contribution in [3.8, 4) is 0 Å². The Morgan fingerprint density at radius 1 is 0.941 bits per heavy atom. The van der Waals surface area contributed by atoms with Crippen molar-refractivity contribution in [3.63, 3.8) is 0 Å². The van der Waals surface area contributed by atoms with E-state index in [1.54, 1.807) is 6.07 Å². The third-order valence-corrected chi connectivity index (χ3v) is 2.80. The minimum absolute atomic E-state index is 0.362. The molecule has 0 amide bonds. The van der Waals surface area contributed by atoms with Crippen LogP contribution in [0.25, 0.3) is 0 Å². The van der Waals surface area contributed by atoms with Crippen LogP contribution in [0.5, 0.6) is 0 Å². The summed E-state index contributed by atoms with van der Waals surface area (Å²) in [6.45, 7) is 0. The molecule has 2 rings (SSSR count). The number of pyridine rings is 1. The highest BCUT2D eigenvalue weighted by molar-refractivity contribution is 7.98. The van der Waals surface area contributed by atoms with Gasteiger partial charge in [-0.2, -0.15) is 0 Å². The van der Waals surface area contributed by atoms with Crippen LogP contribution < -0.4 is 17.2 Å². The van der Waals surface area contributed by atoms with Crippen molar-refractivity contribution < 1.29 is 0 Å². The van der Waals surface area contributed by atoms with E-state index >= 15 is 0 Å². The Hall–Kier alpha value is -2.02. The Kier molecular flexibility index (Phi) is 3.29. The zero-order valence-corrected chi connectivity index (χ0v) is 9.81. The number of hydrogen-bond acceptors (Lipinski definition) is 7. The Morgan fingerprint density at radius 2 is 1.65 bits per heavy atom. The average molecular weight is 248 g/mol. The monoisotopic (exact) mass is 248 g/mol. The molecule has 0 radical (unpaired) electrons. The first-order valence-electron chi connectivity index (χ1n) is 4.88. The first-order valence-corrected chi connectivity index (χ1v) is 5.86. The second-order valence-electron chi connectivity index (χ2n) is 3.34. The molecular weight excluding hydrogens is 236 g/mol. The standard InChI is InChI=1S/C10H12N6S/c11-7-3-1-2-6(14-7)5-17-10-15-8(12)4-9(13)16-10/h1-4H,5H2,(H2,11,14)(H4,12,13,15,16). The van der Waals surface area contributed by atoms with Gasteiger partial charge in [0.25, 0.3) is 0 Å². The van der Waals surface area contributed by atoms with Crippen LogP contribution in [-0.4, -0.2) is 15.0 Å². The Labute approximate surface area is 103 Å². The Bertz CT molecular complexity index is 510. The van der Waals surface area contributed by atoms with Crippen LogP contribution in [0.3, 0.4) is 0 Å². The summed E-state index contributed by atoms with van der Waals surface area (Å²) >= 11 is 1.41. The van der Waals surface area contributed by atoms with Gasteiger partial charge in [0.15, 0.2) is 5.16 Å². The number of nitrogen functional groups attached to an aromatic ring is 3. The summed E-state index contributed by atoms with van der Waals surface area (Å²) in [5.74, 6) is 1.84. The van der Waals surface area contributed by atoms with Crippen molar-refractivity contribution in [1.29, 1.82) is 0 Å². The van der Waals surface area contributed by atoms with E-state index in [1.807, 2.05) is 12.1 Å². The Morgan fingerprint density at radius 3 is 2.29 bits per heavy atom. The minimum Gasteiger partial charge on any atom is -0.384 e. The molecule has 7 heteroatoms. The van der Waals surface area contributed by atoms with Crippen LogP contribution >= 0.6 is 11.8 Å². The lowest BCUT2D eigenvalue weighted by Gasteiger charge is -2.03. The summed E-state index contributed by atoms with van der Waals surface area (Å²) in [7, 11) is 0. The van der Waals surface area contributed by atoms with Crippen molar-refractivity contribution >= 4 is 29.2 Å². The summed E-state index contributed by atoms with van der Waals surface area (Å²) in [6, 6.07) is 7.00. The molecule has 2 heterocycles. The molecule has 0 unspecified atom stereocenters. The lowest BCUT2D eigenvalue weighted by atomic mass is 10.4. The molecule has 0 aliphatic heterocycles. The summed E-state index contributed by atoms with van der Waals surface area (Å²) in [5.41, 5.74) is 17.6. The third-order valence-electron chi connectivity index (χ3n) is 1.92. The van der Waals surface area contributed by atoms with Crippen LogP contribution in [0.2, 0.25) is 0 Å². The van der Waals surface area contributed by atoms with E-state index in [0.717, 1.165) is 5.69 Å². The molecule has 0 fully saturated rings. The molecule has 6 nitrogen and oxygen atoms in total. The van der Waals surface area contributed by atoms with Gasteiger partial charge in [0.2, 0.25) is 0 Å². The smallest absolute Gasteiger partial charge is 0.191 e. The molecule has 2 aromatic rings.